The van der Waals surface area contributed by atoms with Crippen molar-refractivity contribution in [3.63, 3.8) is 0 Å². The lowest BCUT2D eigenvalue weighted by molar-refractivity contribution is 0.251. The molecule has 0 radical (unpaired) electrons. The summed E-state index contributed by atoms with van der Waals surface area (Å²) in [5.41, 5.74) is 0.0445. The number of halogens is 1. The van der Waals surface area contributed by atoms with E-state index in [1.165, 1.54) is 32.1 Å². The minimum atomic E-state index is 0.0445. The SMILES string of the molecule is C=CC(Cl)N1CCCCCCC1. The zero-order valence-electron chi connectivity index (χ0n) is 7.64. The van der Waals surface area contributed by atoms with E-state index in [9.17, 15) is 0 Å². The van der Waals surface area contributed by atoms with Gasteiger partial charge >= 0.3 is 0 Å². The Bertz CT molecular complexity index is 128. The highest BCUT2D eigenvalue weighted by Crippen LogP contribution is 2.14. The molecule has 0 N–H and O–H groups in total. The lowest BCUT2D eigenvalue weighted by Gasteiger charge is -2.26. The summed E-state index contributed by atoms with van der Waals surface area (Å²) in [5.74, 6) is 0. The highest BCUT2D eigenvalue weighted by Gasteiger charge is 2.12. The molecule has 1 fully saturated rings. The van der Waals surface area contributed by atoms with Gasteiger partial charge in [-0.25, -0.2) is 0 Å². The van der Waals surface area contributed by atoms with Crippen molar-refractivity contribution in [2.24, 2.45) is 0 Å². The standard InChI is InChI=1S/C10H18ClN/c1-2-10(11)12-8-6-4-3-5-7-9-12/h2,10H,1,3-9H2. The molecule has 0 amide bonds. The van der Waals surface area contributed by atoms with Crippen molar-refractivity contribution in [2.75, 3.05) is 13.1 Å². The van der Waals surface area contributed by atoms with Gasteiger partial charge in [-0.1, -0.05) is 25.3 Å². The molecule has 0 bridgehead atoms. The maximum atomic E-state index is 6.08. The zero-order valence-corrected chi connectivity index (χ0v) is 8.39. The summed E-state index contributed by atoms with van der Waals surface area (Å²) in [5, 5.41) is 0. The first-order valence-electron chi connectivity index (χ1n) is 4.85. The predicted octanol–water partition coefficient (Wildman–Crippen LogP) is 3.00. The number of rotatable bonds is 2. The van der Waals surface area contributed by atoms with Crippen LogP contribution < -0.4 is 0 Å². The Hall–Kier alpha value is -0.0100. The summed E-state index contributed by atoms with van der Waals surface area (Å²) < 4.78 is 0. The van der Waals surface area contributed by atoms with E-state index < -0.39 is 0 Å². The lowest BCUT2D eigenvalue weighted by atomic mass is 10.1. The highest BCUT2D eigenvalue weighted by molar-refractivity contribution is 6.21. The van der Waals surface area contributed by atoms with E-state index in [1.54, 1.807) is 0 Å². The van der Waals surface area contributed by atoms with Crippen LogP contribution in [0.25, 0.3) is 0 Å². The summed E-state index contributed by atoms with van der Waals surface area (Å²) in [6, 6.07) is 0. The van der Waals surface area contributed by atoms with Gasteiger partial charge in [0.25, 0.3) is 0 Å². The molecular formula is C10H18ClN. The average molecular weight is 188 g/mol. The summed E-state index contributed by atoms with van der Waals surface area (Å²) in [4.78, 5) is 2.31. The van der Waals surface area contributed by atoms with Gasteiger partial charge in [0.1, 0.15) is 5.50 Å². The molecule has 0 aromatic carbocycles. The topological polar surface area (TPSA) is 3.24 Å². The number of likely N-dealkylation sites (tertiary alicyclic amines) is 1. The van der Waals surface area contributed by atoms with Gasteiger partial charge in [-0.05, 0) is 25.9 Å². The van der Waals surface area contributed by atoms with Gasteiger partial charge in [0, 0.05) is 0 Å². The molecular weight excluding hydrogens is 170 g/mol. The Morgan fingerprint density at radius 2 is 1.58 bits per heavy atom. The fourth-order valence-electron chi connectivity index (χ4n) is 1.67. The van der Waals surface area contributed by atoms with E-state index in [2.05, 4.69) is 11.5 Å². The zero-order chi connectivity index (χ0) is 8.81. The molecule has 1 heterocycles. The molecule has 0 aromatic heterocycles. The fourth-order valence-corrected chi connectivity index (χ4v) is 1.86. The van der Waals surface area contributed by atoms with Crippen LogP contribution >= 0.6 is 11.6 Å². The van der Waals surface area contributed by atoms with Gasteiger partial charge in [-0.3, -0.25) is 4.90 Å². The Labute approximate surface area is 80.4 Å². The third-order valence-electron chi connectivity index (χ3n) is 2.43. The Kier molecular flexibility index (Phi) is 4.70. The molecule has 70 valence electrons. The van der Waals surface area contributed by atoms with Gasteiger partial charge in [-0.2, -0.15) is 0 Å². The Balaban J connectivity index is 2.33. The molecule has 0 aliphatic carbocycles. The minimum Gasteiger partial charge on any atom is -0.284 e. The molecule has 1 saturated heterocycles. The van der Waals surface area contributed by atoms with Crippen molar-refractivity contribution in [1.29, 1.82) is 0 Å². The maximum Gasteiger partial charge on any atom is 0.103 e. The van der Waals surface area contributed by atoms with E-state index >= 15 is 0 Å². The predicted molar refractivity (Wildman–Crippen MR) is 54.5 cm³/mol. The molecule has 0 saturated carbocycles. The summed E-state index contributed by atoms with van der Waals surface area (Å²) in [6.07, 6.45) is 8.51. The average Bonchev–Trinajstić information content (AvgIpc) is 2.02. The van der Waals surface area contributed by atoms with E-state index in [4.69, 9.17) is 11.6 Å². The van der Waals surface area contributed by atoms with E-state index in [0.29, 0.717) is 0 Å². The monoisotopic (exact) mass is 187 g/mol. The fraction of sp³-hybridized carbons (Fsp3) is 0.800. The van der Waals surface area contributed by atoms with E-state index in [-0.39, 0.29) is 5.50 Å². The first kappa shape index (κ1) is 10.1. The van der Waals surface area contributed by atoms with Crippen LogP contribution in [0.5, 0.6) is 0 Å². The molecule has 1 nitrogen and oxygen atoms in total. The molecule has 0 aromatic rings. The Morgan fingerprint density at radius 3 is 2.08 bits per heavy atom. The van der Waals surface area contributed by atoms with Crippen molar-refractivity contribution in [2.45, 2.75) is 37.6 Å². The lowest BCUT2D eigenvalue weighted by Crippen LogP contribution is -2.32. The number of nitrogens with zero attached hydrogens (tertiary/aromatic N) is 1. The van der Waals surface area contributed by atoms with Crippen LogP contribution in [0.3, 0.4) is 0 Å². The van der Waals surface area contributed by atoms with Gasteiger partial charge in [-0.15, -0.1) is 18.2 Å². The van der Waals surface area contributed by atoms with Crippen molar-refractivity contribution in [3.8, 4) is 0 Å². The van der Waals surface area contributed by atoms with Gasteiger partial charge in [0.2, 0.25) is 0 Å². The van der Waals surface area contributed by atoms with Crippen LogP contribution in [0.1, 0.15) is 32.1 Å². The molecule has 1 atom stereocenters. The van der Waals surface area contributed by atoms with Crippen molar-refractivity contribution in [3.05, 3.63) is 12.7 Å². The minimum absolute atomic E-state index is 0.0445. The van der Waals surface area contributed by atoms with E-state index in [1.807, 2.05) is 6.08 Å². The number of hydrogen-bond donors (Lipinski definition) is 0. The highest BCUT2D eigenvalue weighted by atomic mass is 35.5. The van der Waals surface area contributed by atoms with Crippen molar-refractivity contribution >= 4 is 11.6 Å². The molecule has 0 spiro atoms. The van der Waals surface area contributed by atoms with Gasteiger partial charge < -0.3 is 0 Å². The molecule has 2 heteroatoms. The number of alkyl halides is 1. The van der Waals surface area contributed by atoms with Crippen LogP contribution in [0.15, 0.2) is 12.7 Å². The molecule has 1 unspecified atom stereocenters. The molecule has 12 heavy (non-hydrogen) atoms. The van der Waals surface area contributed by atoms with Crippen LogP contribution in [-0.2, 0) is 0 Å². The second-order valence-corrected chi connectivity index (χ2v) is 3.86. The quantitative estimate of drug-likeness (QED) is 0.365. The van der Waals surface area contributed by atoms with Crippen LogP contribution in [0, 0.1) is 0 Å². The second kappa shape index (κ2) is 5.60. The summed E-state index contributed by atoms with van der Waals surface area (Å²) in [6.45, 7) is 5.99. The first-order valence-corrected chi connectivity index (χ1v) is 5.29. The van der Waals surface area contributed by atoms with Crippen LogP contribution in [0.2, 0.25) is 0 Å². The Morgan fingerprint density at radius 1 is 1.08 bits per heavy atom. The van der Waals surface area contributed by atoms with Crippen LogP contribution in [0.4, 0.5) is 0 Å². The second-order valence-electron chi connectivity index (χ2n) is 3.41. The van der Waals surface area contributed by atoms with Gasteiger partial charge in [0.05, 0.1) is 0 Å². The van der Waals surface area contributed by atoms with Gasteiger partial charge in [0.15, 0.2) is 0 Å². The molecule has 1 rings (SSSR count). The first-order chi connectivity index (χ1) is 5.84. The third-order valence-corrected chi connectivity index (χ3v) is 2.89. The largest absolute Gasteiger partial charge is 0.284 e. The van der Waals surface area contributed by atoms with Crippen LogP contribution in [-0.4, -0.2) is 23.5 Å². The maximum absolute atomic E-state index is 6.08. The summed E-state index contributed by atoms with van der Waals surface area (Å²) in [7, 11) is 0. The number of hydrogen-bond acceptors (Lipinski definition) is 1. The van der Waals surface area contributed by atoms with Crippen molar-refractivity contribution in [1.82, 2.24) is 4.90 Å². The molecule has 1 aliphatic heterocycles. The van der Waals surface area contributed by atoms with E-state index in [0.717, 1.165) is 13.1 Å². The molecule has 1 aliphatic rings. The summed E-state index contributed by atoms with van der Waals surface area (Å²) >= 11 is 6.08. The van der Waals surface area contributed by atoms with Crippen molar-refractivity contribution < 1.29 is 0 Å². The third kappa shape index (κ3) is 3.16. The normalized spacial score (nSPS) is 24.1. The smallest absolute Gasteiger partial charge is 0.103 e.